The molecule has 1 aromatic carbocycles. The van der Waals surface area contributed by atoms with E-state index in [1.807, 2.05) is 0 Å². The Morgan fingerprint density at radius 2 is 2.20 bits per heavy atom. The number of nitrogens with one attached hydrogen (secondary N) is 1. The minimum Gasteiger partial charge on any atom is -0.508 e. The topological polar surface area (TPSA) is 61.7 Å². The van der Waals surface area contributed by atoms with Crippen molar-refractivity contribution in [2.75, 3.05) is 20.7 Å². The summed E-state index contributed by atoms with van der Waals surface area (Å²) in [5, 5.41) is 22.1. The second kappa shape index (κ2) is 5.70. The van der Waals surface area contributed by atoms with Crippen molar-refractivity contribution in [1.29, 1.82) is 0 Å². The summed E-state index contributed by atoms with van der Waals surface area (Å²) in [5.74, 6) is 0.192. The molecule has 0 fully saturated rings. The first kappa shape index (κ1) is 12.0. The summed E-state index contributed by atoms with van der Waals surface area (Å²) < 4.78 is 4.95. The predicted molar refractivity (Wildman–Crippen MR) is 57.7 cm³/mol. The Morgan fingerprint density at radius 1 is 1.47 bits per heavy atom. The molecule has 0 spiro atoms. The number of phenols is 1. The van der Waals surface area contributed by atoms with E-state index in [-0.39, 0.29) is 5.75 Å². The Morgan fingerprint density at radius 3 is 2.80 bits per heavy atom. The van der Waals surface area contributed by atoms with E-state index in [0.29, 0.717) is 18.7 Å². The number of benzene rings is 1. The van der Waals surface area contributed by atoms with Crippen LogP contribution in [0.15, 0.2) is 18.2 Å². The molecule has 0 bridgehead atoms. The van der Waals surface area contributed by atoms with Crippen LogP contribution in [-0.2, 0) is 11.3 Å². The number of likely N-dealkylation sites (N-methyl/N-ethyl adjacent to an activating group) is 1. The van der Waals surface area contributed by atoms with Gasteiger partial charge in [-0.15, -0.1) is 0 Å². The van der Waals surface area contributed by atoms with Gasteiger partial charge in [-0.1, -0.05) is 6.07 Å². The van der Waals surface area contributed by atoms with Crippen molar-refractivity contribution in [3.05, 3.63) is 29.3 Å². The third kappa shape index (κ3) is 3.20. The predicted octanol–water partition coefficient (Wildman–Crippen LogP) is 0.791. The molecule has 1 rings (SSSR count). The van der Waals surface area contributed by atoms with Crippen LogP contribution in [-0.4, -0.2) is 30.9 Å². The molecule has 0 heterocycles. The van der Waals surface area contributed by atoms with E-state index in [1.54, 1.807) is 32.4 Å². The Balaban J connectivity index is 2.86. The van der Waals surface area contributed by atoms with E-state index >= 15 is 0 Å². The highest BCUT2D eigenvalue weighted by molar-refractivity contribution is 5.36. The number of aromatic hydroxyl groups is 1. The summed E-state index contributed by atoms with van der Waals surface area (Å²) >= 11 is 0. The molecule has 1 aromatic rings. The molecular formula is C11H17NO3. The molecule has 0 amide bonds. The second-order valence-corrected chi connectivity index (χ2v) is 3.39. The summed E-state index contributed by atoms with van der Waals surface area (Å²) in [6.07, 6.45) is -0.564. The fourth-order valence-corrected chi connectivity index (χ4v) is 1.40. The normalized spacial score (nSPS) is 12.7. The molecular weight excluding hydrogens is 194 g/mol. The average Bonchev–Trinajstić information content (AvgIpc) is 2.22. The first-order valence-corrected chi connectivity index (χ1v) is 4.82. The van der Waals surface area contributed by atoms with Gasteiger partial charge in [-0.25, -0.2) is 0 Å². The van der Waals surface area contributed by atoms with Crippen molar-refractivity contribution in [3.8, 4) is 5.75 Å². The number of hydrogen-bond acceptors (Lipinski definition) is 4. The maximum Gasteiger partial charge on any atom is 0.121 e. The van der Waals surface area contributed by atoms with Gasteiger partial charge in [0.1, 0.15) is 5.75 Å². The maximum atomic E-state index is 9.72. The molecule has 15 heavy (non-hydrogen) atoms. The van der Waals surface area contributed by atoms with Gasteiger partial charge >= 0.3 is 0 Å². The number of hydrogen-bond donors (Lipinski definition) is 3. The zero-order valence-electron chi connectivity index (χ0n) is 9.03. The van der Waals surface area contributed by atoms with Crippen molar-refractivity contribution < 1.29 is 14.9 Å². The van der Waals surface area contributed by atoms with Gasteiger partial charge in [0.15, 0.2) is 0 Å². The van der Waals surface area contributed by atoms with Gasteiger partial charge in [0.25, 0.3) is 0 Å². The molecule has 1 unspecified atom stereocenters. The average molecular weight is 211 g/mol. The highest BCUT2D eigenvalue weighted by Crippen LogP contribution is 2.22. The van der Waals surface area contributed by atoms with Crippen molar-refractivity contribution in [1.82, 2.24) is 5.32 Å². The molecule has 3 N–H and O–H groups in total. The summed E-state index contributed by atoms with van der Waals surface area (Å²) in [6, 6.07) is 5.03. The van der Waals surface area contributed by atoms with Crippen molar-refractivity contribution in [2.45, 2.75) is 12.7 Å². The second-order valence-electron chi connectivity index (χ2n) is 3.39. The molecule has 0 radical (unpaired) electrons. The molecule has 0 saturated carbocycles. The zero-order valence-corrected chi connectivity index (χ0v) is 9.03. The minimum absolute atomic E-state index is 0.192. The highest BCUT2D eigenvalue weighted by atomic mass is 16.5. The fourth-order valence-electron chi connectivity index (χ4n) is 1.40. The van der Waals surface area contributed by atoms with Crippen LogP contribution in [0.25, 0.3) is 0 Å². The van der Waals surface area contributed by atoms with Crippen LogP contribution in [0.1, 0.15) is 17.2 Å². The van der Waals surface area contributed by atoms with E-state index in [4.69, 9.17) is 4.74 Å². The Hall–Kier alpha value is -1.10. The van der Waals surface area contributed by atoms with Gasteiger partial charge in [-0.2, -0.15) is 0 Å². The summed E-state index contributed by atoms with van der Waals surface area (Å²) in [7, 11) is 3.34. The number of ether oxygens (including phenoxy) is 1. The number of rotatable bonds is 5. The third-order valence-electron chi connectivity index (χ3n) is 2.19. The first-order chi connectivity index (χ1) is 7.19. The molecule has 84 valence electrons. The quantitative estimate of drug-likeness (QED) is 0.674. The molecule has 0 aliphatic heterocycles. The van der Waals surface area contributed by atoms with E-state index in [9.17, 15) is 10.2 Å². The molecule has 0 aliphatic carbocycles. The van der Waals surface area contributed by atoms with Gasteiger partial charge in [0.2, 0.25) is 0 Å². The molecule has 1 atom stereocenters. The molecule has 4 nitrogen and oxygen atoms in total. The minimum atomic E-state index is -0.564. The van der Waals surface area contributed by atoms with Crippen molar-refractivity contribution in [2.24, 2.45) is 0 Å². The van der Waals surface area contributed by atoms with E-state index < -0.39 is 6.10 Å². The summed E-state index contributed by atoms with van der Waals surface area (Å²) in [6.45, 7) is 0.823. The van der Waals surface area contributed by atoms with Crippen molar-refractivity contribution >= 4 is 0 Å². The van der Waals surface area contributed by atoms with Crippen LogP contribution in [0.3, 0.4) is 0 Å². The zero-order chi connectivity index (χ0) is 11.3. The monoisotopic (exact) mass is 211 g/mol. The lowest BCUT2D eigenvalue weighted by molar-refractivity contribution is 0.173. The van der Waals surface area contributed by atoms with E-state index in [2.05, 4.69) is 5.32 Å². The lowest BCUT2D eigenvalue weighted by Crippen LogP contribution is -2.16. The van der Waals surface area contributed by atoms with Crippen LogP contribution in [0.5, 0.6) is 5.75 Å². The Bertz CT molecular complexity index is 315. The van der Waals surface area contributed by atoms with Gasteiger partial charge in [-0.3, -0.25) is 0 Å². The van der Waals surface area contributed by atoms with Gasteiger partial charge < -0.3 is 20.3 Å². The van der Waals surface area contributed by atoms with Gasteiger partial charge in [0.05, 0.1) is 12.7 Å². The molecule has 4 heteroatoms. The van der Waals surface area contributed by atoms with Crippen LogP contribution < -0.4 is 5.32 Å². The summed E-state index contributed by atoms with van der Waals surface area (Å²) in [4.78, 5) is 0. The van der Waals surface area contributed by atoms with Crippen LogP contribution in [0.4, 0.5) is 0 Å². The van der Waals surface area contributed by atoms with Crippen LogP contribution in [0, 0.1) is 0 Å². The largest absolute Gasteiger partial charge is 0.508 e. The number of aliphatic hydroxyl groups excluding tert-OH is 1. The lowest BCUT2D eigenvalue weighted by Gasteiger charge is -2.12. The standard InChI is InChI=1S/C11H17NO3/c1-12-6-11(14)8-3-4-10(13)9(5-8)7-15-2/h3-5,11-14H,6-7H2,1-2H3. The third-order valence-corrected chi connectivity index (χ3v) is 2.19. The molecule has 0 aliphatic rings. The maximum absolute atomic E-state index is 9.72. The van der Waals surface area contributed by atoms with Gasteiger partial charge in [-0.05, 0) is 24.7 Å². The van der Waals surface area contributed by atoms with Crippen LogP contribution in [0.2, 0.25) is 0 Å². The molecule has 0 saturated heterocycles. The summed E-state index contributed by atoms with van der Waals surface area (Å²) in [5.41, 5.74) is 1.46. The Labute approximate surface area is 89.5 Å². The lowest BCUT2D eigenvalue weighted by atomic mass is 10.1. The number of phenolic OH excluding ortho intramolecular Hbond substituents is 1. The van der Waals surface area contributed by atoms with Gasteiger partial charge in [0, 0.05) is 19.2 Å². The van der Waals surface area contributed by atoms with Crippen LogP contribution >= 0.6 is 0 Å². The van der Waals surface area contributed by atoms with Crippen molar-refractivity contribution in [3.63, 3.8) is 0 Å². The van der Waals surface area contributed by atoms with E-state index in [0.717, 1.165) is 5.56 Å². The first-order valence-electron chi connectivity index (χ1n) is 4.82. The smallest absolute Gasteiger partial charge is 0.121 e. The van der Waals surface area contributed by atoms with E-state index in [1.165, 1.54) is 0 Å². The number of methoxy groups -OCH3 is 1. The molecule has 0 aromatic heterocycles. The SMILES string of the molecule is CNCC(O)c1ccc(O)c(COC)c1. The Kier molecular flexibility index (Phi) is 4.55. The number of aliphatic hydroxyl groups is 1. The fraction of sp³-hybridized carbons (Fsp3) is 0.455. The highest BCUT2D eigenvalue weighted by Gasteiger charge is 2.09.